The van der Waals surface area contributed by atoms with E-state index in [9.17, 15) is 8.42 Å². The van der Waals surface area contributed by atoms with Gasteiger partial charge in [0.2, 0.25) is 10.0 Å². The van der Waals surface area contributed by atoms with E-state index in [1.54, 1.807) is 24.5 Å². The van der Waals surface area contributed by atoms with Gasteiger partial charge in [-0.1, -0.05) is 6.07 Å². The molecule has 0 atom stereocenters. The molecule has 18 heavy (non-hydrogen) atoms. The predicted octanol–water partition coefficient (Wildman–Crippen LogP) is 0.897. The minimum absolute atomic E-state index is 0.118. The monoisotopic (exact) mass is 267 g/mol. The van der Waals surface area contributed by atoms with Crippen LogP contribution in [0.2, 0.25) is 0 Å². The third-order valence-corrected chi connectivity index (χ3v) is 3.73. The summed E-state index contributed by atoms with van der Waals surface area (Å²) in [6.07, 6.45) is 3.20. The summed E-state index contributed by atoms with van der Waals surface area (Å²) in [5, 5.41) is 0. The standard InChI is InChI=1S/C11H13N3O3S/c1-17-9-3-2-4-10(7-9)18(15,16)14-8-11-12-5-6-13-11/h2-7,14H,8H2,1H3,(H,12,13). The number of hydrogen-bond acceptors (Lipinski definition) is 4. The molecule has 1 aromatic carbocycles. The highest BCUT2D eigenvalue weighted by Gasteiger charge is 2.14. The number of nitrogens with one attached hydrogen (secondary N) is 2. The molecule has 0 aliphatic heterocycles. The number of H-pyrrole nitrogens is 1. The van der Waals surface area contributed by atoms with Gasteiger partial charge in [-0.25, -0.2) is 18.1 Å². The SMILES string of the molecule is COc1cccc(S(=O)(=O)NCc2ncc[nH]2)c1. The maximum atomic E-state index is 12.0. The van der Waals surface area contributed by atoms with Crippen LogP contribution in [-0.4, -0.2) is 25.5 Å². The van der Waals surface area contributed by atoms with Gasteiger partial charge in [0.15, 0.2) is 0 Å². The van der Waals surface area contributed by atoms with Crippen LogP contribution >= 0.6 is 0 Å². The van der Waals surface area contributed by atoms with Crippen LogP contribution < -0.4 is 9.46 Å². The fourth-order valence-electron chi connectivity index (χ4n) is 1.41. The van der Waals surface area contributed by atoms with Crippen LogP contribution in [-0.2, 0) is 16.6 Å². The molecule has 96 valence electrons. The van der Waals surface area contributed by atoms with E-state index < -0.39 is 10.0 Å². The Bertz CT molecular complexity index is 608. The molecule has 0 aliphatic rings. The number of ether oxygens (including phenoxy) is 1. The molecular weight excluding hydrogens is 254 g/mol. The molecule has 0 saturated heterocycles. The Labute approximate surface area is 105 Å². The molecule has 1 heterocycles. The fourth-order valence-corrected chi connectivity index (χ4v) is 2.43. The molecule has 0 fully saturated rings. The molecule has 0 saturated carbocycles. The van der Waals surface area contributed by atoms with Crippen molar-refractivity contribution in [2.75, 3.05) is 7.11 Å². The second kappa shape index (κ2) is 5.19. The van der Waals surface area contributed by atoms with E-state index >= 15 is 0 Å². The molecule has 2 aromatic rings. The first-order valence-corrected chi connectivity index (χ1v) is 6.72. The van der Waals surface area contributed by atoms with Gasteiger partial charge in [-0.05, 0) is 12.1 Å². The number of methoxy groups -OCH3 is 1. The molecule has 7 heteroatoms. The highest BCUT2D eigenvalue weighted by molar-refractivity contribution is 7.89. The lowest BCUT2D eigenvalue weighted by molar-refractivity contribution is 0.413. The van der Waals surface area contributed by atoms with Gasteiger partial charge in [0.05, 0.1) is 18.6 Å². The number of rotatable bonds is 5. The molecule has 2 N–H and O–H groups in total. The zero-order valence-electron chi connectivity index (χ0n) is 9.75. The van der Waals surface area contributed by atoms with Gasteiger partial charge < -0.3 is 9.72 Å². The highest BCUT2D eigenvalue weighted by Crippen LogP contribution is 2.16. The Morgan fingerprint density at radius 3 is 2.94 bits per heavy atom. The van der Waals surface area contributed by atoms with E-state index in [1.807, 2.05) is 0 Å². The number of aromatic amines is 1. The molecule has 0 amide bonds. The van der Waals surface area contributed by atoms with Crippen molar-refractivity contribution in [3.63, 3.8) is 0 Å². The van der Waals surface area contributed by atoms with Crippen molar-refractivity contribution in [3.8, 4) is 5.75 Å². The highest BCUT2D eigenvalue weighted by atomic mass is 32.2. The second-order valence-corrected chi connectivity index (χ2v) is 5.31. The number of hydrogen-bond donors (Lipinski definition) is 2. The summed E-state index contributed by atoms with van der Waals surface area (Å²) in [5.74, 6) is 1.05. The van der Waals surface area contributed by atoms with Crippen LogP contribution in [0.3, 0.4) is 0 Å². The minimum Gasteiger partial charge on any atom is -0.497 e. The number of aromatic nitrogens is 2. The quantitative estimate of drug-likeness (QED) is 0.843. The van der Waals surface area contributed by atoms with Crippen LogP contribution in [0, 0.1) is 0 Å². The summed E-state index contributed by atoms with van der Waals surface area (Å²) < 4.78 is 31.4. The van der Waals surface area contributed by atoms with Crippen LogP contribution in [0.4, 0.5) is 0 Å². The van der Waals surface area contributed by atoms with E-state index in [4.69, 9.17) is 4.74 Å². The van der Waals surface area contributed by atoms with Crippen LogP contribution in [0.5, 0.6) is 5.75 Å². The maximum absolute atomic E-state index is 12.0. The summed E-state index contributed by atoms with van der Waals surface area (Å²) in [5.41, 5.74) is 0. The van der Waals surface area contributed by atoms with Crippen molar-refractivity contribution in [1.29, 1.82) is 0 Å². The fraction of sp³-hybridized carbons (Fsp3) is 0.182. The van der Waals surface area contributed by atoms with Gasteiger partial charge in [-0.3, -0.25) is 0 Å². The number of sulfonamides is 1. The van der Waals surface area contributed by atoms with E-state index in [2.05, 4.69) is 14.7 Å². The number of benzene rings is 1. The van der Waals surface area contributed by atoms with Crippen molar-refractivity contribution in [1.82, 2.24) is 14.7 Å². The zero-order chi connectivity index (χ0) is 13.0. The summed E-state index contributed by atoms with van der Waals surface area (Å²) in [6.45, 7) is 0.118. The van der Waals surface area contributed by atoms with Gasteiger partial charge in [0, 0.05) is 18.5 Å². The molecule has 0 radical (unpaired) electrons. The molecule has 0 unspecified atom stereocenters. The molecular formula is C11H13N3O3S. The average molecular weight is 267 g/mol. The summed E-state index contributed by atoms with van der Waals surface area (Å²) in [4.78, 5) is 6.92. The second-order valence-electron chi connectivity index (χ2n) is 3.54. The Morgan fingerprint density at radius 2 is 2.28 bits per heavy atom. The largest absolute Gasteiger partial charge is 0.497 e. The maximum Gasteiger partial charge on any atom is 0.241 e. The van der Waals surface area contributed by atoms with Crippen molar-refractivity contribution in [2.45, 2.75) is 11.4 Å². The van der Waals surface area contributed by atoms with E-state index in [0.29, 0.717) is 11.6 Å². The Hall–Kier alpha value is -1.86. The molecule has 2 rings (SSSR count). The van der Waals surface area contributed by atoms with E-state index in [1.165, 1.54) is 19.2 Å². The minimum atomic E-state index is -3.56. The van der Waals surface area contributed by atoms with Crippen molar-refractivity contribution in [2.24, 2.45) is 0 Å². The normalized spacial score (nSPS) is 11.4. The lowest BCUT2D eigenvalue weighted by atomic mass is 10.3. The third kappa shape index (κ3) is 2.88. The van der Waals surface area contributed by atoms with Crippen molar-refractivity contribution >= 4 is 10.0 Å². The predicted molar refractivity (Wildman–Crippen MR) is 65.6 cm³/mol. The first-order valence-electron chi connectivity index (χ1n) is 5.24. The van der Waals surface area contributed by atoms with Crippen LogP contribution in [0.1, 0.15) is 5.82 Å². The summed E-state index contributed by atoms with van der Waals surface area (Å²) >= 11 is 0. The Kier molecular flexibility index (Phi) is 3.63. The Morgan fingerprint density at radius 1 is 1.44 bits per heavy atom. The van der Waals surface area contributed by atoms with Gasteiger partial charge in [0.25, 0.3) is 0 Å². The van der Waals surface area contributed by atoms with Crippen LogP contribution in [0.25, 0.3) is 0 Å². The van der Waals surface area contributed by atoms with Crippen molar-refractivity contribution < 1.29 is 13.2 Å². The van der Waals surface area contributed by atoms with E-state index in [-0.39, 0.29) is 11.4 Å². The molecule has 6 nitrogen and oxygen atoms in total. The smallest absolute Gasteiger partial charge is 0.241 e. The Balaban J connectivity index is 2.14. The lowest BCUT2D eigenvalue weighted by Crippen LogP contribution is -2.23. The zero-order valence-corrected chi connectivity index (χ0v) is 10.6. The third-order valence-electron chi connectivity index (χ3n) is 2.34. The molecule has 1 aromatic heterocycles. The number of imidazole rings is 1. The lowest BCUT2D eigenvalue weighted by Gasteiger charge is -2.06. The van der Waals surface area contributed by atoms with Gasteiger partial charge in [-0.15, -0.1) is 0 Å². The first kappa shape index (κ1) is 12.6. The summed E-state index contributed by atoms with van der Waals surface area (Å²) in [7, 11) is -2.07. The van der Waals surface area contributed by atoms with Crippen LogP contribution in [0.15, 0.2) is 41.6 Å². The number of nitrogens with zero attached hydrogens (tertiary/aromatic N) is 1. The molecule has 0 spiro atoms. The average Bonchev–Trinajstić information content (AvgIpc) is 2.90. The van der Waals surface area contributed by atoms with E-state index in [0.717, 1.165) is 0 Å². The first-order chi connectivity index (χ1) is 8.62. The van der Waals surface area contributed by atoms with Gasteiger partial charge >= 0.3 is 0 Å². The summed E-state index contributed by atoms with van der Waals surface area (Å²) in [6, 6.07) is 6.28. The van der Waals surface area contributed by atoms with Gasteiger partial charge in [0.1, 0.15) is 11.6 Å². The van der Waals surface area contributed by atoms with Gasteiger partial charge in [-0.2, -0.15) is 0 Å². The molecule has 0 aliphatic carbocycles. The topological polar surface area (TPSA) is 84.1 Å². The van der Waals surface area contributed by atoms with Crippen molar-refractivity contribution in [3.05, 3.63) is 42.5 Å². The molecule has 0 bridgehead atoms.